The summed E-state index contributed by atoms with van der Waals surface area (Å²) in [6.07, 6.45) is 0.743. The zero-order chi connectivity index (χ0) is 19.5. The zero-order valence-electron chi connectivity index (χ0n) is 16.0. The van der Waals surface area contributed by atoms with Gasteiger partial charge in [-0.15, -0.1) is 35.7 Å². The number of nitrogens with zero attached hydrogens (tertiary/aromatic N) is 1. The Morgan fingerprint density at radius 1 is 1.25 bits per heavy atom. The summed E-state index contributed by atoms with van der Waals surface area (Å²) in [5.41, 5.74) is 0. The van der Waals surface area contributed by atoms with E-state index in [1.807, 2.05) is 25.1 Å². The molecule has 28 heavy (non-hydrogen) atoms. The van der Waals surface area contributed by atoms with Gasteiger partial charge in [-0.05, 0) is 25.5 Å². The molecule has 7 nitrogen and oxygen atoms in total. The van der Waals surface area contributed by atoms with Gasteiger partial charge in [0.15, 0.2) is 15.8 Å². The van der Waals surface area contributed by atoms with Crippen molar-refractivity contribution < 1.29 is 13.2 Å². The van der Waals surface area contributed by atoms with Crippen LogP contribution in [0.4, 0.5) is 0 Å². The highest BCUT2D eigenvalue weighted by atomic mass is 127. The molecule has 1 aliphatic heterocycles. The summed E-state index contributed by atoms with van der Waals surface area (Å²) in [4.78, 5) is 17.6. The largest absolute Gasteiger partial charge is 0.357 e. The molecule has 1 aromatic carbocycles. The number of benzene rings is 1. The number of hydrogen-bond acceptors (Lipinski definition) is 5. The van der Waals surface area contributed by atoms with Crippen LogP contribution in [0.1, 0.15) is 19.8 Å². The fourth-order valence-electron chi connectivity index (χ4n) is 2.67. The monoisotopic (exact) mass is 540 g/mol. The van der Waals surface area contributed by atoms with Gasteiger partial charge in [0.05, 0.1) is 18.1 Å². The molecule has 1 amide bonds. The molecule has 2 rings (SSSR count). The Morgan fingerprint density at radius 2 is 2.00 bits per heavy atom. The van der Waals surface area contributed by atoms with Gasteiger partial charge in [0, 0.05) is 36.2 Å². The Hall–Kier alpha value is -1.01. The zero-order valence-corrected chi connectivity index (χ0v) is 20.0. The summed E-state index contributed by atoms with van der Waals surface area (Å²) < 4.78 is 22.8. The van der Waals surface area contributed by atoms with Crippen LogP contribution < -0.4 is 16.0 Å². The van der Waals surface area contributed by atoms with E-state index in [-0.39, 0.29) is 53.9 Å². The average molecular weight is 540 g/mol. The van der Waals surface area contributed by atoms with Gasteiger partial charge in [-0.2, -0.15) is 0 Å². The number of carbonyl (C=O) groups is 1. The molecular formula is C18H29IN4O3S2. The van der Waals surface area contributed by atoms with Gasteiger partial charge < -0.3 is 16.0 Å². The van der Waals surface area contributed by atoms with Crippen molar-refractivity contribution in [2.75, 3.05) is 36.9 Å². The number of thioether (sulfide) groups is 1. The molecule has 0 radical (unpaired) electrons. The number of rotatable bonds is 9. The summed E-state index contributed by atoms with van der Waals surface area (Å²) >= 11 is 1.77. The van der Waals surface area contributed by atoms with Gasteiger partial charge >= 0.3 is 0 Å². The maximum absolute atomic E-state index is 11.9. The fraction of sp³-hybridized carbons (Fsp3) is 0.556. The standard InChI is InChI=1S/C18H28N4O3S2.HI/c1-2-19-18(21-11-12-26-16-6-4-3-5-7-16)20-10-8-17(23)22-15-9-13-27(24,25)14-15;/h3-7,15H,2,8-14H2,1H3,(H,22,23)(H2,19,20,21);1H. The Morgan fingerprint density at radius 3 is 2.64 bits per heavy atom. The second kappa shape index (κ2) is 13.3. The maximum atomic E-state index is 11.9. The highest BCUT2D eigenvalue weighted by molar-refractivity contribution is 14.0. The lowest BCUT2D eigenvalue weighted by Gasteiger charge is -2.12. The second-order valence-electron chi connectivity index (χ2n) is 6.27. The van der Waals surface area contributed by atoms with E-state index in [0.717, 1.165) is 18.8 Å². The Kier molecular flexibility index (Phi) is 11.8. The van der Waals surface area contributed by atoms with Crippen molar-refractivity contribution in [1.82, 2.24) is 16.0 Å². The van der Waals surface area contributed by atoms with Crippen LogP contribution in [0.2, 0.25) is 0 Å². The number of nitrogens with one attached hydrogen (secondary N) is 3. The molecule has 1 unspecified atom stereocenters. The van der Waals surface area contributed by atoms with E-state index in [1.54, 1.807) is 11.8 Å². The van der Waals surface area contributed by atoms with Crippen LogP contribution in [0, 0.1) is 0 Å². The number of carbonyl (C=O) groups excluding carboxylic acids is 1. The van der Waals surface area contributed by atoms with Crippen molar-refractivity contribution in [2.45, 2.75) is 30.7 Å². The van der Waals surface area contributed by atoms with Crippen molar-refractivity contribution >= 4 is 57.4 Å². The summed E-state index contributed by atoms with van der Waals surface area (Å²) in [5, 5.41) is 9.19. The highest BCUT2D eigenvalue weighted by Gasteiger charge is 2.28. The quantitative estimate of drug-likeness (QED) is 0.145. The molecule has 1 atom stereocenters. The first-order valence-corrected chi connectivity index (χ1v) is 12.0. The molecular weight excluding hydrogens is 511 g/mol. The third-order valence-corrected chi connectivity index (χ3v) is 6.74. The van der Waals surface area contributed by atoms with Crippen molar-refractivity contribution in [2.24, 2.45) is 4.99 Å². The number of aliphatic imine (C=N–C) groups is 1. The van der Waals surface area contributed by atoms with E-state index in [0.29, 0.717) is 18.9 Å². The molecule has 158 valence electrons. The summed E-state index contributed by atoms with van der Waals surface area (Å²) in [7, 11) is -2.98. The van der Waals surface area contributed by atoms with Gasteiger partial charge in [-0.3, -0.25) is 9.79 Å². The van der Waals surface area contributed by atoms with Gasteiger partial charge in [-0.25, -0.2) is 8.42 Å². The van der Waals surface area contributed by atoms with Crippen LogP contribution in [-0.4, -0.2) is 63.2 Å². The van der Waals surface area contributed by atoms with E-state index in [2.05, 4.69) is 33.1 Å². The molecule has 1 fully saturated rings. The normalized spacial score (nSPS) is 18.2. The molecule has 0 aromatic heterocycles. The minimum absolute atomic E-state index is 0. The molecule has 1 aromatic rings. The molecule has 3 N–H and O–H groups in total. The summed E-state index contributed by atoms with van der Waals surface area (Å²) in [6.45, 7) is 3.84. The predicted molar refractivity (Wildman–Crippen MR) is 126 cm³/mol. The van der Waals surface area contributed by atoms with Crippen LogP contribution in [0.25, 0.3) is 0 Å². The molecule has 0 bridgehead atoms. The third kappa shape index (κ3) is 9.97. The fourth-order valence-corrected chi connectivity index (χ4v) is 5.14. The first kappa shape index (κ1) is 25.0. The van der Waals surface area contributed by atoms with Crippen molar-refractivity contribution in [3.63, 3.8) is 0 Å². The van der Waals surface area contributed by atoms with Gasteiger partial charge in [-0.1, -0.05) is 18.2 Å². The Balaban J connectivity index is 0.00000392. The lowest BCUT2D eigenvalue weighted by Crippen LogP contribution is -2.39. The average Bonchev–Trinajstić information content (AvgIpc) is 2.98. The number of guanidine groups is 1. The second-order valence-corrected chi connectivity index (χ2v) is 9.66. The van der Waals surface area contributed by atoms with Gasteiger partial charge in [0.1, 0.15) is 0 Å². The topological polar surface area (TPSA) is 99.7 Å². The molecule has 1 heterocycles. The number of hydrogen-bond donors (Lipinski definition) is 3. The van der Waals surface area contributed by atoms with E-state index < -0.39 is 9.84 Å². The first-order chi connectivity index (χ1) is 13.0. The summed E-state index contributed by atoms with van der Waals surface area (Å²) in [6, 6.07) is 9.95. The SMILES string of the molecule is CCNC(=NCCC(=O)NC1CCS(=O)(=O)C1)NCCSc1ccccc1.I. The van der Waals surface area contributed by atoms with Crippen LogP contribution in [0.15, 0.2) is 40.2 Å². The minimum atomic E-state index is -2.98. The predicted octanol–water partition coefficient (Wildman–Crippen LogP) is 1.65. The van der Waals surface area contributed by atoms with E-state index in [9.17, 15) is 13.2 Å². The lowest BCUT2D eigenvalue weighted by atomic mass is 10.2. The maximum Gasteiger partial charge on any atom is 0.222 e. The van der Waals surface area contributed by atoms with E-state index >= 15 is 0 Å². The molecule has 1 aliphatic rings. The van der Waals surface area contributed by atoms with Crippen molar-refractivity contribution in [3.8, 4) is 0 Å². The number of sulfone groups is 1. The van der Waals surface area contributed by atoms with Gasteiger partial charge in [0.25, 0.3) is 0 Å². The van der Waals surface area contributed by atoms with Gasteiger partial charge in [0.2, 0.25) is 5.91 Å². The molecule has 1 saturated heterocycles. The van der Waals surface area contributed by atoms with Crippen LogP contribution in [0.3, 0.4) is 0 Å². The van der Waals surface area contributed by atoms with Crippen LogP contribution >= 0.6 is 35.7 Å². The molecule has 10 heteroatoms. The molecule has 0 spiro atoms. The first-order valence-electron chi connectivity index (χ1n) is 9.18. The highest BCUT2D eigenvalue weighted by Crippen LogP contribution is 2.15. The minimum Gasteiger partial charge on any atom is -0.357 e. The van der Waals surface area contributed by atoms with E-state index in [1.165, 1.54) is 4.90 Å². The molecule has 0 saturated carbocycles. The summed E-state index contributed by atoms with van der Waals surface area (Å²) in [5.74, 6) is 1.64. The number of halogens is 1. The van der Waals surface area contributed by atoms with Crippen molar-refractivity contribution in [3.05, 3.63) is 30.3 Å². The Bertz CT molecular complexity index is 730. The number of amides is 1. The third-order valence-electron chi connectivity index (χ3n) is 3.96. The molecule has 0 aliphatic carbocycles. The van der Waals surface area contributed by atoms with E-state index in [4.69, 9.17) is 0 Å². The lowest BCUT2D eigenvalue weighted by molar-refractivity contribution is -0.121. The van der Waals surface area contributed by atoms with Crippen molar-refractivity contribution in [1.29, 1.82) is 0 Å². The van der Waals surface area contributed by atoms with Crippen LogP contribution in [-0.2, 0) is 14.6 Å². The Labute approximate surface area is 188 Å². The van der Waals surface area contributed by atoms with Crippen LogP contribution in [0.5, 0.6) is 0 Å². The smallest absolute Gasteiger partial charge is 0.222 e.